The van der Waals surface area contributed by atoms with Gasteiger partial charge in [0, 0.05) is 49.7 Å². The maximum atomic E-state index is 14.2. The standard InChI is InChI=1S/C26H27F4N5O3/c1-25(2,3)38-24(37)34-14-12-33(13-15-34)20(36)16-35-22(18-8-10-31-11-9-18)21(32-23(35)26(28,29)30)17-4-6-19(27)7-5-17/h4-11H,12-16H2,1-3H3. The fourth-order valence-electron chi connectivity index (χ4n) is 4.13. The Morgan fingerprint density at radius 2 is 1.47 bits per heavy atom. The number of halogens is 4. The molecule has 1 saturated heterocycles. The van der Waals surface area contributed by atoms with Crippen LogP contribution in [-0.2, 0) is 22.3 Å². The largest absolute Gasteiger partial charge is 0.449 e. The summed E-state index contributed by atoms with van der Waals surface area (Å²) in [7, 11) is 0. The van der Waals surface area contributed by atoms with Crippen LogP contribution in [0.5, 0.6) is 0 Å². The van der Waals surface area contributed by atoms with Crippen LogP contribution in [0.4, 0.5) is 22.4 Å². The molecule has 0 unspecified atom stereocenters. The molecule has 38 heavy (non-hydrogen) atoms. The Morgan fingerprint density at radius 1 is 0.895 bits per heavy atom. The van der Waals surface area contributed by atoms with Crippen LogP contribution in [0.15, 0.2) is 48.8 Å². The summed E-state index contributed by atoms with van der Waals surface area (Å²) in [6, 6.07) is 7.98. The second-order valence-corrected chi connectivity index (χ2v) is 9.81. The summed E-state index contributed by atoms with van der Waals surface area (Å²) >= 11 is 0. The number of hydrogen-bond acceptors (Lipinski definition) is 5. The zero-order valence-corrected chi connectivity index (χ0v) is 21.1. The van der Waals surface area contributed by atoms with Gasteiger partial charge in [-0.25, -0.2) is 14.2 Å². The van der Waals surface area contributed by atoms with E-state index in [2.05, 4.69) is 9.97 Å². The molecular weight excluding hydrogens is 506 g/mol. The van der Waals surface area contributed by atoms with Gasteiger partial charge in [-0.3, -0.25) is 9.78 Å². The first-order valence-corrected chi connectivity index (χ1v) is 11.9. The molecule has 2 amide bonds. The zero-order chi connectivity index (χ0) is 27.7. The lowest BCUT2D eigenvalue weighted by Gasteiger charge is -2.35. The normalized spacial score (nSPS) is 14.5. The first-order valence-electron chi connectivity index (χ1n) is 11.9. The second-order valence-electron chi connectivity index (χ2n) is 9.81. The molecule has 12 heteroatoms. The minimum Gasteiger partial charge on any atom is -0.444 e. The number of amides is 2. The molecule has 0 bridgehead atoms. The van der Waals surface area contributed by atoms with E-state index in [1.54, 1.807) is 20.8 Å². The van der Waals surface area contributed by atoms with Crippen LogP contribution in [0, 0.1) is 5.82 Å². The van der Waals surface area contributed by atoms with Crippen LogP contribution in [0.3, 0.4) is 0 Å². The minimum absolute atomic E-state index is 0.0360. The predicted octanol–water partition coefficient (Wildman–Crippen LogP) is 4.85. The Balaban J connectivity index is 1.66. The van der Waals surface area contributed by atoms with E-state index < -0.39 is 42.0 Å². The number of carbonyl (C=O) groups excluding carboxylic acids is 2. The van der Waals surface area contributed by atoms with Gasteiger partial charge in [0.2, 0.25) is 11.7 Å². The van der Waals surface area contributed by atoms with Crippen molar-refractivity contribution < 1.29 is 31.9 Å². The van der Waals surface area contributed by atoms with Crippen molar-refractivity contribution in [2.75, 3.05) is 26.2 Å². The van der Waals surface area contributed by atoms with Crippen molar-refractivity contribution in [2.45, 2.75) is 39.1 Å². The zero-order valence-electron chi connectivity index (χ0n) is 21.1. The number of ether oxygens (including phenoxy) is 1. The number of piperazine rings is 1. The summed E-state index contributed by atoms with van der Waals surface area (Å²) in [6.07, 6.45) is -2.53. The van der Waals surface area contributed by atoms with Gasteiger partial charge in [-0.1, -0.05) is 0 Å². The van der Waals surface area contributed by atoms with E-state index in [0.717, 1.165) is 16.7 Å². The number of carbonyl (C=O) groups is 2. The molecule has 1 fully saturated rings. The van der Waals surface area contributed by atoms with Crippen molar-refractivity contribution >= 4 is 12.0 Å². The Labute approximate surface area is 216 Å². The predicted molar refractivity (Wildman–Crippen MR) is 130 cm³/mol. The summed E-state index contributed by atoms with van der Waals surface area (Å²) in [6.45, 7) is 5.27. The monoisotopic (exact) mass is 533 g/mol. The third kappa shape index (κ3) is 6.12. The molecule has 0 radical (unpaired) electrons. The highest BCUT2D eigenvalue weighted by atomic mass is 19.4. The van der Waals surface area contributed by atoms with Gasteiger partial charge in [-0.2, -0.15) is 13.2 Å². The van der Waals surface area contributed by atoms with Crippen LogP contribution >= 0.6 is 0 Å². The van der Waals surface area contributed by atoms with Gasteiger partial charge in [-0.05, 0) is 57.2 Å². The smallest absolute Gasteiger partial charge is 0.444 e. The Bertz CT molecular complexity index is 1290. The lowest BCUT2D eigenvalue weighted by Crippen LogP contribution is -2.52. The van der Waals surface area contributed by atoms with Gasteiger partial charge in [0.1, 0.15) is 18.0 Å². The molecule has 1 aromatic carbocycles. The van der Waals surface area contributed by atoms with Crippen molar-refractivity contribution in [3.63, 3.8) is 0 Å². The van der Waals surface area contributed by atoms with E-state index in [4.69, 9.17) is 4.74 Å². The van der Waals surface area contributed by atoms with Crippen LogP contribution in [-0.4, -0.2) is 68.1 Å². The average molecular weight is 534 g/mol. The number of alkyl halides is 3. The van der Waals surface area contributed by atoms with Gasteiger partial charge in [-0.15, -0.1) is 0 Å². The van der Waals surface area contributed by atoms with E-state index in [1.165, 1.54) is 46.5 Å². The molecule has 0 atom stereocenters. The summed E-state index contributed by atoms with van der Waals surface area (Å²) in [5.74, 6) is -2.35. The summed E-state index contributed by atoms with van der Waals surface area (Å²) < 4.78 is 62.2. The van der Waals surface area contributed by atoms with E-state index in [9.17, 15) is 27.2 Å². The first-order chi connectivity index (χ1) is 17.8. The Morgan fingerprint density at radius 3 is 2.03 bits per heavy atom. The highest BCUT2D eigenvalue weighted by molar-refractivity contribution is 5.82. The van der Waals surface area contributed by atoms with Gasteiger partial charge in [0.15, 0.2) is 0 Å². The third-order valence-corrected chi connectivity index (χ3v) is 5.87. The van der Waals surface area contributed by atoms with Crippen molar-refractivity contribution in [1.29, 1.82) is 0 Å². The van der Waals surface area contributed by atoms with Gasteiger partial charge in [0.25, 0.3) is 0 Å². The number of rotatable bonds is 4. The maximum Gasteiger partial charge on any atom is 0.449 e. The Hall–Kier alpha value is -3.96. The molecule has 8 nitrogen and oxygen atoms in total. The number of pyridine rings is 1. The number of hydrogen-bond donors (Lipinski definition) is 0. The van der Waals surface area contributed by atoms with Crippen molar-refractivity contribution in [2.24, 2.45) is 0 Å². The summed E-state index contributed by atoms with van der Waals surface area (Å²) in [4.78, 5) is 36.3. The molecule has 0 N–H and O–H groups in total. The van der Waals surface area contributed by atoms with Gasteiger partial charge >= 0.3 is 12.3 Å². The summed E-state index contributed by atoms with van der Waals surface area (Å²) in [5, 5.41) is 0. The molecule has 3 heterocycles. The van der Waals surface area contributed by atoms with Gasteiger partial charge < -0.3 is 19.1 Å². The molecule has 1 aliphatic heterocycles. The minimum atomic E-state index is -4.87. The van der Waals surface area contributed by atoms with Gasteiger partial charge in [0.05, 0.1) is 11.4 Å². The molecule has 4 rings (SSSR count). The fourth-order valence-corrected chi connectivity index (χ4v) is 4.13. The first kappa shape index (κ1) is 27.1. The topological polar surface area (TPSA) is 80.6 Å². The van der Waals surface area contributed by atoms with Crippen LogP contribution < -0.4 is 0 Å². The lowest BCUT2D eigenvalue weighted by atomic mass is 10.1. The van der Waals surface area contributed by atoms with Crippen molar-refractivity contribution in [3.8, 4) is 22.5 Å². The van der Waals surface area contributed by atoms with Crippen molar-refractivity contribution in [1.82, 2.24) is 24.3 Å². The highest BCUT2D eigenvalue weighted by Crippen LogP contribution is 2.38. The van der Waals surface area contributed by atoms with E-state index >= 15 is 0 Å². The highest BCUT2D eigenvalue weighted by Gasteiger charge is 2.40. The summed E-state index contributed by atoms with van der Waals surface area (Å²) in [5.41, 5.74) is -0.0192. The Kier molecular flexibility index (Phi) is 7.43. The number of imidazole rings is 1. The van der Waals surface area contributed by atoms with Crippen LogP contribution in [0.25, 0.3) is 22.5 Å². The maximum absolute atomic E-state index is 14.2. The lowest BCUT2D eigenvalue weighted by molar-refractivity contribution is -0.148. The molecule has 1 aliphatic rings. The quantitative estimate of drug-likeness (QED) is 0.448. The molecule has 2 aromatic heterocycles. The van der Waals surface area contributed by atoms with E-state index in [-0.39, 0.29) is 43.1 Å². The molecule has 202 valence electrons. The molecular formula is C26H27F4N5O3. The van der Waals surface area contributed by atoms with Crippen LogP contribution in [0.1, 0.15) is 26.6 Å². The van der Waals surface area contributed by atoms with Crippen molar-refractivity contribution in [3.05, 3.63) is 60.4 Å². The molecule has 3 aromatic rings. The number of aromatic nitrogens is 3. The average Bonchev–Trinajstić information content (AvgIpc) is 3.23. The van der Waals surface area contributed by atoms with Crippen LogP contribution in [0.2, 0.25) is 0 Å². The fraction of sp³-hybridized carbons (Fsp3) is 0.385. The molecule has 0 spiro atoms. The van der Waals surface area contributed by atoms with E-state index in [0.29, 0.717) is 5.56 Å². The van der Waals surface area contributed by atoms with E-state index in [1.807, 2.05) is 0 Å². The number of nitrogens with zero attached hydrogens (tertiary/aromatic N) is 5. The SMILES string of the molecule is CC(C)(C)OC(=O)N1CCN(C(=O)Cn2c(C(F)(F)F)nc(-c3ccc(F)cc3)c2-c2ccncc2)CC1. The molecule has 0 aliphatic carbocycles. The molecule has 0 saturated carbocycles. The second kappa shape index (κ2) is 10.4. The number of benzene rings is 1. The third-order valence-electron chi connectivity index (χ3n) is 5.87.